The van der Waals surface area contributed by atoms with Crippen LogP contribution in [0.15, 0.2) is 23.4 Å². The molecule has 26 heavy (non-hydrogen) atoms. The average molecular weight is 379 g/mol. The van der Waals surface area contributed by atoms with Gasteiger partial charge in [0.25, 0.3) is 0 Å². The number of aromatic nitrogens is 2. The highest BCUT2D eigenvalue weighted by Gasteiger charge is 2.22. The molecule has 1 aliphatic carbocycles. The van der Waals surface area contributed by atoms with Crippen LogP contribution in [0.3, 0.4) is 0 Å². The minimum absolute atomic E-state index is 0.0139. The zero-order chi connectivity index (χ0) is 18.7. The number of hydrogen-bond acceptors (Lipinski definition) is 3. The summed E-state index contributed by atoms with van der Waals surface area (Å²) in [5.41, 5.74) is 2.10. The van der Waals surface area contributed by atoms with E-state index in [-0.39, 0.29) is 17.3 Å². The second kappa shape index (κ2) is 8.20. The number of carbonyl (C=O) groups excluding carboxylic acids is 1. The maximum Gasteiger partial charge on any atom is 0.234 e. The Morgan fingerprint density at radius 1 is 1.27 bits per heavy atom. The third-order valence-electron chi connectivity index (χ3n) is 4.83. The number of halogens is 2. The van der Waals surface area contributed by atoms with Crippen LogP contribution in [0.4, 0.5) is 14.5 Å². The monoisotopic (exact) mass is 379 g/mol. The normalized spacial score (nSPS) is 15.2. The van der Waals surface area contributed by atoms with E-state index in [0.29, 0.717) is 6.04 Å². The number of anilines is 1. The van der Waals surface area contributed by atoms with Gasteiger partial charge in [0.1, 0.15) is 11.6 Å². The summed E-state index contributed by atoms with van der Waals surface area (Å²) >= 11 is 1.36. The molecule has 1 saturated carbocycles. The van der Waals surface area contributed by atoms with Gasteiger partial charge in [-0.1, -0.05) is 31.0 Å². The van der Waals surface area contributed by atoms with E-state index in [1.807, 2.05) is 6.92 Å². The van der Waals surface area contributed by atoms with Gasteiger partial charge in [-0.25, -0.2) is 13.8 Å². The second-order valence-corrected chi connectivity index (χ2v) is 7.63. The molecule has 0 saturated heterocycles. The Morgan fingerprint density at radius 2 is 2.00 bits per heavy atom. The van der Waals surface area contributed by atoms with Crippen molar-refractivity contribution in [3.63, 3.8) is 0 Å². The standard InChI is InChI=1S/C19H23F2N3OS/c1-12-13(2)24(15-6-4-3-5-7-15)19(22-12)26-11-18(25)23-17-9-8-14(20)10-16(17)21/h8-10,15H,3-7,11H2,1-2H3,(H,23,25). The zero-order valence-electron chi connectivity index (χ0n) is 15.0. The molecule has 1 aromatic heterocycles. The molecule has 0 atom stereocenters. The lowest BCUT2D eigenvalue weighted by Gasteiger charge is -2.26. The lowest BCUT2D eigenvalue weighted by molar-refractivity contribution is -0.113. The molecule has 7 heteroatoms. The van der Waals surface area contributed by atoms with Gasteiger partial charge in [-0.05, 0) is 38.8 Å². The molecule has 4 nitrogen and oxygen atoms in total. The van der Waals surface area contributed by atoms with Gasteiger partial charge in [0.2, 0.25) is 5.91 Å². The Balaban J connectivity index is 1.67. The van der Waals surface area contributed by atoms with Crippen LogP contribution in [0.2, 0.25) is 0 Å². The van der Waals surface area contributed by atoms with Crippen molar-refractivity contribution in [2.24, 2.45) is 0 Å². The number of imidazole rings is 1. The predicted molar refractivity (Wildman–Crippen MR) is 99.5 cm³/mol. The Kier molecular flexibility index (Phi) is 5.96. The van der Waals surface area contributed by atoms with Crippen molar-refractivity contribution >= 4 is 23.4 Å². The highest BCUT2D eigenvalue weighted by molar-refractivity contribution is 7.99. The quantitative estimate of drug-likeness (QED) is 0.743. The van der Waals surface area contributed by atoms with Crippen molar-refractivity contribution in [1.29, 1.82) is 0 Å². The van der Waals surface area contributed by atoms with Crippen LogP contribution >= 0.6 is 11.8 Å². The number of carbonyl (C=O) groups is 1. The molecule has 1 amide bonds. The van der Waals surface area contributed by atoms with Crippen LogP contribution in [-0.2, 0) is 4.79 Å². The fourth-order valence-corrected chi connectivity index (χ4v) is 4.33. The molecule has 1 heterocycles. The molecule has 0 radical (unpaired) electrons. The first-order valence-electron chi connectivity index (χ1n) is 8.89. The lowest BCUT2D eigenvalue weighted by Crippen LogP contribution is -2.18. The number of thioether (sulfide) groups is 1. The molecule has 3 rings (SSSR count). The molecule has 1 N–H and O–H groups in total. The third-order valence-corrected chi connectivity index (χ3v) is 5.78. The van der Waals surface area contributed by atoms with Crippen LogP contribution in [0.1, 0.15) is 49.5 Å². The van der Waals surface area contributed by atoms with Crippen molar-refractivity contribution in [2.45, 2.75) is 57.1 Å². The summed E-state index contributed by atoms with van der Waals surface area (Å²) in [6.45, 7) is 4.04. The van der Waals surface area contributed by atoms with Crippen molar-refractivity contribution in [2.75, 3.05) is 11.1 Å². The van der Waals surface area contributed by atoms with Crippen LogP contribution < -0.4 is 5.32 Å². The number of nitrogens with one attached hydrogen (secondary N) is 1. The van der Waals surface area contributed by atoms with Gasteiger partial charge in [-0.15, -0.1) is 0 Å². The van der Waals surface area contributed by atoms with E-state index in [9.17, 15) is 13.6 Å². The highest BCUT2D eigenvalue weighted by atomic mass is 32.2. The molecule has 2 aromatic rings. The van der Waals surface area contributed by atoms with Gasteiger partial charge in [-0.3, -0.25) is 4.79 Å². The van der Waals surface area contributed by atoms with Crippen LogP contribution in [0.5, 0.6) is 0 Å². The molecule has 0 unspecified atom stereocenters. The largest absolute Gasteiger partial charge is 0.323 e. The first-order chi connectivity index (χ1) is 12.5. The van der Waals surface area contributed by atoms with E-state index >= 15 is 0 Å². The topological polar surface area (TPSA) is 46.9 Å². The second-order valence-electron chi connectivity index (χ2n) is 6.69. The lowest BCUT2D eigenvalue weighted by atomic mass is 9.95. The summed E-state index contributed by atoms with van der Waals surface area (Å²) in [4.78, 5) is 16.8. The maximum absolute atomic E-state index is 13.7. The molecule has 1 fully saturated rings. The summed E-state index contributed by atoms with van der Waals surface area (Å²) in [7, 11) is 0. The molecule has 140 valence electrons. The number of benzene rings is 1. The Hall–Kier alpha value is -1.89. The summed E-state index contributed by atoms with van der Waals surface area (Å²) in [6, 6.07) is 3.54. The molecular weight excluding hydrogens is 356 g/mol. The van der Waals surface area contributed by atoms with E-state index in [2.05, 4.69) is 21.8 Å². The van der Waals surface area contributed by atoms with E-state index in [1.165, 1.54) is 37.1 Å². The summed E-state index contributed by atoms with van der Waals surface area (Å²) in [5, 5.41) is 3.32. The van der Waals surface area contributed by atoms with E-state index < -0.39 is 11.6 Å². The molecule has 1 aliphatic rings. The fraction of sp³-hybridized carbons (Fsp3) is 0.474. The van der Waals surface area contributed by atoms with E-state index in [4.69, 9.17) is 0 Å². The Bertz CT molecular complexity index is 800. The van der Waals surface area contributed by atoms with Gasteiger partial charge in [0.15, 0.2) is 5.16 Å². The number of aryl methyl sites for hydroxylation is 1. The van der Waals surface area contributed by atoms with Crippen LogP contribution in [0, 0.1) is 25.5 Å². The third kappa shape index (κ3) is 4.26. The van der Waals surface area contributed by atoms with Gasteiger partial charge in [0.05, 0.1) is 17.1 Å². The van der Waals surface area contributed by atoms with Gasteiger partial charge in [0, 0.05) is 17.8 Å². The molecular formula is C19H23F2N3OS. The molecule has 1 aromatic carbocycles. The zero-order valence-corrected chi connectivity index (χ0v) is 15.8. The van der Waals surface area contributed by atoms with Gasteiger partial charge in [-0.2, -0.15) is 0 Å². The Morgan fingerprint density at radius 3 is 2.69 bits per heavy atom. The van der Waals surface area contributed by atoms with Crippen LogP contribution in [-0.4, -0.2) is 21.2 Å². The highest BCUT2D eigenvalue weighted by Crippen LogP contribution is 2.34. The number of amides is 1. The number of nitrogens with zero attached hydrogens (tertiary/aromatic N) is 2. The minimum Gasteiger partial charge on any atom is -0.323 e. The van der Waals surface area contributed by atoms with E-state index in [0.717, 1.165) is 41.5 Å². The van der Waals surface area contributed by atoms with Crippen molar-refractivity contribution in [1.82, 2.24) is 9.55 Å². The number of rotatable bonds is 5. The molecule has 0 bridgehead atoms. The fourth-order valence-electron chi connectivity index (χ4n) is 3.37. The summed E-state index contributed by atoms with van der Waals surface area (Å²) in [6.07, 6.45) is 5.98. The first kappa shape index (κ1) is 18.9. The van der Waals surface area contributed by atoms with Crippen LogP contribution in [0.25, 0.3) is 0 Å². The van der Waals surface area contributed by atoms with E-state index in [1.54, 1.807) is 0 Å². The number of hydrogen-bond donors (Lipinski definition) is 1. The van der Waals surface area contributed by atoms with Crippen molar-refractivity contribution in [3.05, 3.63) is 41.2 Å². The smallest absolute Gasteiger partial charge is 0.234 e. The minimum atomic E-state index is -0.779. The molecule has 0 aliphatic heterocycles. The first-order valence-corrected chi connectivity index (χ1v) is 9.87. The molecule has 0 spiro atoms. The van der Waals surface area contributed by atoms with Crippen molar-refractivity contribution in [3.8, 4) is 0 Å². The predicted octanol–water partition coefficient (Wildman–Crippen LogP) is 5.01. The summed E-state index contributed by atoms with van der Waals surface area (Å²) in [5.74, 6) is -1.66. The van der Waals surface area contributed by atoms with Gasteiger partial charge < -0.3 is 9.88 Å². The summed E-state index contributed by atoms with van der Waals surface area (Å²) < 4.78 is 28.9. The average Bonchev–Trinajstić information content (AvgIpc) is 2.90. The van der Waals surface area contributed by atoms with Gasteiger partial charge >= 0.3 is 0 Å². The SMILES string of the molecule is Cc1nc(SCC(=O)Nc2ccc(F)cc2F)n(C2CCCCC2)c1C. The Labute approximate surface area is 156 Å². The van der Waals surface area contributed by atoms with Crippen molar-refractivity contribution < 1.29 is 13.6 Å². The maximum atomic E-state index is 13.7.